The molecule has 0 amide bonds. The Bertz CT molecular complexity index is 622. The van der Waals surface area contributed by atoms with Gasteiger partial charge in [-0.05, 0) is 32.5 Å². The molecule has 1 fully saturated rings. The highest BCUT2D eigenvalue weighted by molar-refractivity contribution is 7.89. The van der Waals surface area contributed by atoms with E-state index in [1.165, 1.54) is 6.07 Å². The normalized spacial score (nSPS) is 22.7. The van der Waals surface area contributed by atoms with Crippen LogP contribution >= 0.6 is 23.2 Å². The summed E-state index contributed by atoms with van der Waals surface area (Å²) in [5.41, 5.74) is 0.569. The Labute approximate surface area is 135 Å². The predicted octanol–water partition coefficient (Wildman–Crippen LogP) is 2.17. The van der Waals surface area contributed by atoms with Crippen molar-refractivity contribution in [2.45, 2.75) is 36.9 Å². The molecule has 1 aromatic carbocycles. The number of benzene rings is 1. The lowest BCUT2D eigenvalue weighted by molar-refractivity contribution is 0.117. The van der Waals surface area contributed by atoms with Crippen molar-refractivity contribution in [3.8, 4) is 0 Å². The van der Waals surface area contributed by atoms with Gasteiger partial charge in [0.05, 0.1) is 17.2 Å². The Kier molecular flexibility index (Phi) is 5.51. The topological polar surface area (TPSA) is 67.4 Å². The van der Waals surface area contributed by atoms with Crippen molar-refractivity contribution in [3.63, 3.8) is 0 Å². The molecule has 0 spiro atoms. The van der Waals surface area contributed by atoms with Crippen LogP contribution in [0.15, 0.2) is 17.0 Å². The second-order valence-corrected chi connectivity index (χ2v) is 7.43. The van der Waals surface area contributed by atoms with Crippen molar-refractivity contribution in [1.82, 2.24) is 10.0 Å². The molecule has 1 aliphatic rings. The number of hydrogen-bond acceptors (Lipinski definition) is 4. The van der Waals surface area contributed by atoms with E-state index in [-0.39, 0.29) is 22.1 Å². The average Bonchev–Trinajstić information content (AvgIpc) is 2.79. The van der Waals surface area contributed by atoms with E-state index in [1.54, 1.807) is 13.1 Å². The quantitative estimate of drug-likeness (QED) is 0.851. The maximum absolute atomic E-state index is 12.5. The molecule has 0 aromatic heterocycles. The van der Waals surface area contributed by atoms with E-state index in [0.717, 1.165) is 0 Å². The fourth-order valence-corrected chi connectivity index (χ4v) is 4.52. The standard InChI is InChI=1S/C13H18Cl2N2O3S/c1-8-11(5-6-20-8)17-21(18,19)12-4-3-10(14)9(7-16-2)13(12)15/h3-4,8,11,16-17H,5-7H2,1-2H3. The Morgan fingerprint density at radius 1 is 1.38 bits per heavy atom. The van der Waals surface area contributed by atoms with E-state index in [4.69, 9.17) is 27.9 Å². The lowest BCUT2D eigenvalue weighted by Crippen LogP contribution is -2.39. The Balaban J connectivity index is 2.34. The van der Waals surface area contributed by atoms with Gasteiger partial charge in [0.2, 0.25) is 10.0 Å². The van der Waals surface area contributed by atoms with Gasteiger partial charge in [-0.1, -0.05) is 23.2 Å². The first kappa shape index (κ1) is 17.0. The third-order valence-electron chi connectivity index (χ3n) is 3.48. The molecule has 2 rings (SSSR count). The summed E-state index contributed by atoms with van der Waals surface area (Å²) in [7, 11) is -1.97. The van der Waals surface area contributed by atoms with Crippen LogP contribution in [0.2, 0.25) is 10.0 Å². The van der Waals surface area contributed by atoms with Gasteiger partial charge in [-0.15, -0.1) is 0 Å². The molecule has 2 unspecified atom stereocenters. The second kappa shape index (κ2) is 6.81. The average molecular weight is 353 g/mol. The number of nitrogens with one attached hydrogen (secondary N) is 2. The van der Waals surface area contributed by atoms with E-state index in [1.807, 2.05) is 6.92 Å². The fraction of sp³-hybridized carbons (Fsp3) is 0.538. The zero-order valence-electron chi connectivity index (χ0n) is 11.8. The van der Waals surface area contributed by atoms with E-state index >= 15 is 0 Å². The van der Waals surface area contributed by atoms with E-state index in [9.17, 15) is 8.42 Å². The molecule has 2 atom stereocenters. The smallest absolute Gasteiger partial charge is 0.242 e. The van der Waals surface area contributed by atoms with Crippen molar-refractivity contribution in [2.75, 3.05) is 13.7 Å². The molecule has 1 heterocycles. The molecular weight excluding hydrogens is 335 g/mol. The Hall–Kier alpha value is -0.370. The molecule has 0 saturated carbocycles. The van der Waals surface area contributed by atoms with E-state index in [0.29, 0.717) is 30.2 Å². The number of rotatable bonds is 5. The maximum Gasteiger partial charge on any atom is 0.242 e. The summed E-state index contributed by atoms with van der Waals surface area (Å²) in [5.74, 6) is 0. The molecule has 1 saturated heterocycles. The van der Waals surface area contributed by atoms with Gasteiger partial charge in [-0.3, -0.25) is 0 Å². The molecule has 21 heavy (non-hydrogen) atoms. The summed E-state index contributed by atoms with van der Waals surface area (Å²) in [6.07, 6.45) is 0.497. The van der Waals surface area contributed by atoms with Gasteiger partial charge in [-0.25, -0.2) is 13.1 Å². The number of ether oxygens (including phenoxy) is 1. The summed E-state index contributed by atoms with van der Waals surface area (Å²) in [5, 5.41) is 3.51. The van der Waals surface area contributed by atoms with Gasteiger partial charge in [0.25, 0.3) is 0 Å². The maximum atomic E-state index is 12.5. The third kappa shape index (κ3) is 3.70. The minimum Gasteiger partial charge on any atom is -0.377 e. The number of halogens is 2. The lowest BCUT2D eigenvalue weighted by atomic mass is 10.2. The van der Waals surface area contributed by atoms with Crippen LogP contribution in [0.25, 0.3) is 0 Å². The molecule has 118 valence electrons. The third-order valence-corrected chi connectivity index (χ3v) is 5.91. The van der Waals surface area contributed by atoms with Crippen LogP contribution in [0, 0.1) is 0 Å². The van der Waals surface area contributed by atoms with Gasteiger partial charge < -0.3 is 10.1 Å². The van der Waals surface area contributed by atoms with Crippen LogP contribution in [0.3, 0.4) is 0 Å². The summed E-state index contributed by atoms with van der Waals surface area (Å²) in [6, 6.07) is 2.73. The Morgan fingerprint density at radius 2 is 2.10 bits per heavy atom. The highest BCUT2D eigenvalue weighted by Crippen LogP contribution is 2.31. The summed E-state index contributed by atoms with van der Waals surface area (Å²) >= 11 is 12.3. The van der Waals surface area contributed by atoms with Crippen LogP contribution in [-0.2, 0) is 21.3 Å². The first-order valence-corrected chi connectivity index (χ1v) is 8.86. The van der Waals surface area contributed by atoms with Gasteiger partial charge in [-0.2, -0.15) is 0 Å². The minimum absolute atomic E-state index is 0.0397. The van der Waals surface area contributed by atoms with Crippen molar-refractivity contribution in [3.05, 3.63) is 27.7 Å². The zero-order chi connectivity index (χ0) is 15.6. The predicted molar refractivity (Wildman–Crippen MR) is 83.4 cm³/mol. The van der Waals surface area contributed by atoms with E-state index < -0.39 is 10.0 Å². The molecule has 0 aliphatic carbocycles. The molecule has 1 aromatic rings. The molecule has 1 aliphatic heterocycles. The van der Waals surface area contributed by atoms with Crippen LogP contribution in [0.5, 0.6) is 0 Å². The summed E-state index contributed by atoms with van der Waals surface area (Å²) in [6.45, 7) is 2.79. The van der Waals surface area contributed by atoms with Crippen LogP contribution < -0.4 is 10.0 Å². The molecule has 2 N–H and O–H groups in total. The lowest BCUT2D eigenvalue weighted by Gasteiger charge is -2.18. The highest BCUT2D eigenvalue weighted by atomic mass is 35.5. The zero-order valence-corrected chi connectivity index (χ0v) is 14.1. The van der Waals surface area contributed by atoms with Crippen LogP contribution in [0.4, 0.5) is 0 Å². The fourth-order valence-electron chi connectivity index (χ4n) is 2.27. The van der Waals surface area contributed by atoms with Crippen molar-refractivity contribution in [2.24, 2.45) is 0 Å². The van der Waals surface area contributed by atoms with Crippen molar-refractivity contribution < 1.29 is 13.2 Å². The van der Waals surface area contributed by atoms with E-state index in [2.05, 4.69) is 10.0 Å². The number of hydrogen-bond donors (Lipinski definition) is 2. The molecule has 0 radical (unpaired) electrons. The van der Waals surface area contributed by atoms with Gasteiger partial charge in [0.15, 0.2) is 0 Å². The monoisotopic (exact) mass is 352 g/mol. The molecule has 5 nitrogen and oxygen atoms in total. The summed E-state index contributed by atoms with van der Waals surface area (Å²) in [4.78, 5) is 0.0397. The molecule has 8 heteroatoms. The highest BCUT2D eigenvalue weighted by Gasteiger charge is 2.30. The SMILES string of the molecule is CNCc1c(Cl)ccc(S(=O)(=O)NC2CCOC2C)c1Cl. The number of sulfonamides is 1. The van der Waals surface area contributed by atoms with Gasteiger partial charge in [0.1, 0.15) is 4.90 Å². The Morgan fingerprint density at radius 3 is 2.67 bits per heavy atom. The summed E-state index contributed by atoms with van der Waals surface area (Å²) < 4.78 is 33.0. The van der Waals surface area contributed by atoms with Gasteiger partial charge >= 0.3 is 0 Å². The van der Waals surface area contributed by atoms with Crippen LogP contribution in [0.1, 0.15) is 18.9 Å². The second-order valence-electron chi connectivity index (χ2n) is 4.96. The first-order valence-electron chi connectivity index (χ1n) is 6.62. The minimum atomic E-state index is -3.71. The molecule has 0 bridgehead atoms. The first-order chi connectivity index (χ1) is 9.86. The molecular formula is C13H18Cl2N2O3S. The van der Waals surface area contributed by atoms with Crippen molar-refractivity contribution >= 4 is 33.2 Å². The largest absolute Gasteiger partial charge is 0.377 e. The van der Waals surface area contributed by atoms with Crippen molar-refractivity contribution in [1.29, 1.82) is 0 Å². The van der Waals surface area contributed by atoms with Crippen LogP contribution in [-0.4, -0.2) is 34.2 Å². The van der Waals surface area contributed by atoms with Gasteiger partial charge in [0, 0.05) is 23.7 Å².